The van der Waals surface area contributed by atoms with Gasteiger partial charge in [0, 0.05) is 0 Å². The van der Waals surface area contributed by atoms with Crippen LogP contribution in [0.2, 0.25) is 0 Å². The first kappa shape index (κ1) is 4.93. The van der Waals surface area contributed by atoms with Crippen LogP contribution >= 0.6 is 0 Å². The van der Waals surface area contributed by atoms with Crippen molar-refractivity contribution in [3.63, 3.8) is 0 Å². The lowest BCUT2D eigenvalue weighted by atomic mass is 10.5. The Labute approximate surface area is 40.2 Å². The Morgan fingerprint density at radius 1 is 1.43 bits per heavy atom. The molecule has 1 heterocycles. The third-order valence-corrected chi connectivity index (χ3v) is 0.985. The van der Waals surface area contributed by atoms with E-state index in [4.69, 9.17) is 0 Å². The van der Waals surface area contributed by atoms with Crippen LogP contribution in [0.1, 0.15) is 13.3 Å². The molecule has 0 bridgehead atoms. The second-order valence-electron chi connectivity index (χ2n) is 1.47. The zero-order chi connectivity index (χ0) is 5.44. The van der Waals surface area contributed by atoms with Crippen molar-refractivity contribution in [2.24, 2.45) is 0 Å². The van der Waals surface area contributed by atoms with Crippen LogP contribution in [0.3, 0.4) is 0 Å². The van der Waals surface area contributed by atoms with Crippen molar-refractivity contribution in [2.75, 3.05) is 0 Å². The molecule has 1 fully saturated rings. The summed E-state index contributed by atoms with van der Waals surface area (Å²) in [6.07, 6.45) is -0.104. The minimum atomic E-state index is -0.597. The largest absolute Gasteiger partial charge is 0.158 e. The van der Waals surface area contributed by atoms with E-state index in [0.29, 0.717) is 6.42 Å². The number of halogens is 2. The van der Waals surface area contributed by atoms with Gasteiger partial charge in [0.1, 0.15) is 0 Å². The van der Waals surface area contributed by atoms with Gasteiger partial charge >= 0.3 is 0 Å². The Hall–Kier alpha value is -0.220. The summed E-state index contributed by atoms with van der Waals surface area (Å²) in [5.74, 6) is 0. The summed E-state index contributed by atoms with van der Waals surface area (Å²) in [4.78, 5) is 0. The highest BCUT2D eigenvalue weighted by Gasteiger charge is 2.46. The first-order valence-corrected chi connectivity index (χ1v) is 2.17. The van der Waals surface area contributed by atoms with Gasteiger partial charge in [-0.3, -0.25) is 0 Å². The molecule has 42 valence electrons. The number of hydrogen-bond donors (Lipinski definition) is 0. The van der Waals surface area contributed by atoms with Gasteiger partial charge in [-0.2, -0.15) is 0 Å². The maximum Gasteiger partial charge on any atom is 0.158 e. The highest BCUT2D eigenvalue weighted by atomic mass is 19.3. The molecule has 2 unspecified atom stereocenters. The first-order valence-electron chi connectivity index (χ1n) is 2.17. The number of nitrogens with zero attached hydrogens (tertiary/aromatic N) is 2. The van der Waals surface area contributed by atoms with Gasteiger partial charge in [-0.05, 0) is 16.9 Å². The minimum Gasteiger partial charge on any atom is -0.114 e. The normalized spacial score (nSPS) is 49.3. The van der Waals surface area contributed by atoms with E-state index >= 15 is 0 Å². The third-order valence-electron chi connectivity index (χ3n) is 0.985. The van der Waals surface area contributed by atoms with E-state index in [1.807, 2.05) is 0 Å². The van der Waals surface area contributed by atoms with Crippen molar-refractivity contribution in [1.29, 1.82) is 0 Å². The van der Waals surface area contributed by atoms with E-state index in [9.17, 15) is 8.96 Å². The van der Waals surface area contributed by atoms with Crippen molar-refractivity contribution in [2.45, 2.75) is 19.5 Å². The van der Waals surface area contributed by atoms with Crippen LogP contribution in [0.4, 0.5) is 8.96 Å². The van der Waals surface area contributed by atoms with Crippen LogP contribution in [0.15, 0.2) is 0 Å². The summed E-state index contributed by atoms with van der Waals surface area (Å²) in [6.45, 7) is 1.72. The highest BCUT2D eigenvalue weighted by Crippen LogP contribution is 2.28. The lowest BCUT2D eigenvalue weighted by molar-refractivity contribution is -0.0349. The molecule has 0 aromatic carbocycles. The summed E-state index contributed by atoms with van der Waals surface area (Å²) >= 11 is 0. The monoisotopic (exact) mass is 108 g/mol. The third kappa shape index (κ3) is 0.595. The zero-order valence-electron chi connectivity index (χ0n) is 3.93. The van der Waals surface area contributed by atoms with Gasteiger partial charge < -0.3 is 0 Å². The van der Waals surface area contributed by atoms with Crippen LogP contribution < -0.4 is 0 Å². The summed E-state index contributed by atoms with van der Waals surface area (Å²) in [5.41, 5.74) is 0. The Bertz CT molecular complexity index is 69.3. The van der Waals surface area contributed by atoms with Crippen molar-refractivity contribution in [3.05, 3.63) is 0 Å². The lowest BCUT2D eigenvalue weighted by Crippen LogP contribution is -1.84. The molecule has 1 saturated heterocycles. The van der Waals surface area contributed by atoms with Crippen LogP contribution in [0.5, 0.6) is 0 Å². The number of hydrogen-bond acceptors (Lipinski definition) is 2. The van der Waals surface area contributed by atoms with E-state index in [0.717, 1.165) is 0 Å². The maximum atomic E-state index is 11.6. The average molecular weight is 108 g/mol. The molecule has 0 aromatic heterocycles. The van der Waals surface area contributed by atoms with Crippen molar-refractivity contribution < 1.29 is 8.96 Å². The fourth-order valence-electron chi connectivity index (χ4n) is 0.466. The highest BCUT2D eigenvalue weighted by molar-refractivity contribution is 4.65. The van der Waals surface area contributed by atoms with Gasteiger partial charge in [-0.15, -0.1) is 8.96 Å². The molecule has 0 spiro atoms. The fourth-order valence-corrected chi connectivity index (χ4v) is 0.466. The molecule has 1 rings (SSSR count). The van der Waals surface area contributed by atoms with E-state index < -0.39 is 6.17 Å². The van der Waals surface area contributed by atoms with Gasteiger partial charge in [0.05, 0.1) is 0 Å². The molecule has 0 aliphatic carbocycles. The first-order chi connectivity index (χ1) is 3.27. The van der Waals surface area contributed by atoms with Gasteiger partial charge in [0.15, 0.2) is 6.17 Å². The molecule has 0 aromatic rings. The topological polar surface area (TPSA) is 6.02 Å². The van der Waals surface area contributed by atoms with Gasteiger partial charge in [-0.1, -0.05) is 6.92 Å². The van der Waals surface area contributed by atoms with E-state index in [1.165, 1.54) is 0 Å². The molecule has 1 aliphatic rings. The summed E-state index contributed by atoms with van der Waals surface area (Å²) in [7, 11) is 0. The van der Waals surface area contributed by atoms with Crippen molar-refractivity contribution >= 4 is 0 Å². The summed E-state index contributed by atoms with van der Waals surface area (Å²) in [6, 6.07) is 0. The van der Waals surface area contributed by atoms with Gasteiger partial charge in [-0.25, -0.2) is 0 Å². The van der Waals surface area contributed by atoms with E-state index in [-0.39, 0.29) is 10.5 Å². The molecular weight excluding hydrogens is 102 g/mol. The zero-order valence-corrected chi connectivity index (χ0v) is 3.93. The van der Waals surface area contributed by atoms with Crippen LogP contribution in [0.25, 0.3) is 0 Å². The predicted octanol–water partition coefficient (Wildman–Crippen LogP) is 1.02. The predicted molar refractivity (Wildman–Crippen MR) is 20.0 cm³/mol. The smallest absolute Gasteiger partial charge is 0.114 e. The summed E-state index contributed by atoms with van der Waals surface area (Å²) < 4.78 is 23.1. The van der Waals surface area contributed by atoms with E-state index in [1.54, 1.807) is 6.92 Å². The Balaban J connectivity index is 2.24. The standard InChI is InChI=1S/C3H6F2N2/c1-2-3-6(4)7(3)5/h3H,2H2,1H3. The second kappa shape index (κ2) is 1.38. The molecule has 0 amide bonds. The van der Waals surface area contributed by atoms with Gasteiger partial charge in [0.25, 0.3) is 0 Å². The Morgan fingerprint density at radius 2 is 1.86 bits per heavy atom. The minimum absolute atomic E-state index is 0.0556. The summed E-state index contributed by atoms with van der Waals surface area (Å²) in [5, 5.41) is 0.111. The van der Waals surface area contributed by atoms with Crippen LogP contribution in [-0.2, 0) is 0 Å². The van der Waals surface area contributed by atoms with Crippen molar-refractivity contribution in [1.82, 2.24) is 10.5 Å². The number of rotatable bonds is 1. The van der Waals surface area contributed by atoms with Gasteiger partial charge in [0.2, 0.25) is 0 Å². The van der Waals surface area contributed by atoms with Crippen molar-refractivity contribution in [3.8, 4) is 0 Å². The van der Waals surface area contributed by atoms with Crippen LogP contribution in [0, 0.1) is 0 Å². The maximum absolute atomic E-state index is 11.6. The molecular formula is C3H6F2N2. The average Bonchev–Trinajstić information content (AvgIpc) is 2.17. The molecule has 4 heteroatoms. The molecule has 2 atom stereocenters. The molecule has 0 saturated carbocycles. The Kier molecular flexibility index (Phi) is 0.972. The Morgan fingerprint density at radius 3 is 1.86 bits per heavy atom. The molecule has 0 N–H and O–H groups in total. The van der Waals surface area contributed by atoms with Crippen LogP contribution in [-0.4, -0.2) is 16.6 Å². The molecule has 0 radical (unpaired) electrons. The lowest BCUT2D eigenvalue weighted by Gasteiger charge is -1.72. The molecule has 7 heavy (non-hydrogen) atoms. The molecule has 1 aliphatic heterocycles. The van der Waals surface area contributed by atoms with E-state index in [2.05, 4.69) is 0 Å². The fraction of sp³-hybridized carbons (Fsp3) is 1.00. The quantitative estimate of drug-likeness (QED) is 0.365. The SMILES string of the molecule is CCC1N(F)N1F. The number of hydrazine groups is 1. The molecule has 2 nitrogen and oxygen atoms in total. The second-order valence-corrected chi connectivity index (χ2v) is 1.47.